The Labute approximate surface area is 103 Å². The quantitative estimate of drug-likeness (QED) is 0.707. The predicted molar refractivity (Wildman–Crippen MR) is 68.3 cm³/mol. The van der Waals surface area contributed by atoms with Crippen LogP contribution >= 0.6 is 0 Å². The van der Waals surface area contributed by atoms with Crippen molar-refractivity contribution in [1.29, 1.82) is 0 Å². The second-order valence-corrected chi connectivity index (χ2v) is 3.89. The summed E-state index contributed by atoms with van der Waals surface area (Å²) in [5.41, 5.74) is 1.13. The Kier molecular flexibility index (Phi) is 5.70. The topological polar surface area (TPSA) is 29.5 Å². The Balaban J connectivity index is 2.80. The number of carbonyl (C=O) groups is 1. The smallest absolute Gasteiger partial charge is 0.323 e. The molecule has 93 valence electrons. The summed E-state index contributed by atoms with van der Waals surface area (Å²) in [6, 6.07) is 9.72. The number of hydrogen-bond donors (Lipinski definition) is 0. The molecule has 0 unspecified atom stereocenters. The molecule has 0 heterocycles. The molecule has 0 N–H and O–H groups in total. The molecule has 0 fully saturated rings. The highest BCUT2D eigenvalue weighted by molar-refractivity contribution is 5.76. The van der Waals surface area contributed by atoms with E-state index in [2.05, 4.69) is 16.7 Å². The number of benzene rings is 1. The molecule has 1 radical (unpaired) electrons. The van der Waals surface area contributed by atoms with Crippen LogP contribution in [0, 0.1) is 7.11 Å². The maximum Gasteiger partial charge on any atom is 0.323 e. The van der Waals surface area contributed by atoms with Crippen molar-refractivity contribution in [3.8, 4) is 0 Å². The third-order valence-corrected chi connectivity index (χ3v) is 2.94. The molecule has 0 saturated carbocycles. The first-order valence-corrected chi connectivity index (χ1v) is 5.96. The van der Waals surface area contributed by atoms with E-state index in [1.807, 2.05) is 44.2 Å². The fourth-order valence-electron chi connectivity index (χ4n) is 1.96. The molecule has 1 aromatic rings. The summed E-state index contributed by atoms with van der Waals surface area (Å²) in [7, 11) is 3.22. The van der Waals surface area contributed by atoms with Gasteiger partial charge in [0.15, 0.2) is 0 Å². The van der Waals surface area contributed by atoms with Gasteiger partial charge < -0.3 is 4.74 Å². The van der Waals surface area contributed by atoms with E-state index in [1.165, 1.54) is 0 Å². The summed E-state index contributed by atoms with van der Waals surface area (Å²) < 4.78 is 4.64. The Morgan fingerprint density at radius 2 is 1.88 bits per heavy atom. The Bertz CT molecular complexity index is 333. The van der Waals surface area contributed by atoms with E-state index < -0.39 is 0 Å². The van der Waals surface area contributed by atoms with Gasteiger partial charge in [-0.25, -0.2) is 0 Å². The van der Waals surface area contributed by atoms with E-state index in [0.29, 0.717) is 6.42 Å². The molecule has 0 aromatic heterocycles. The summed E-state index contributed by atoms with van der Waals surface area (Å²) in [6.07, 6.45) is 0.664. The van der Waals surface area contributed by atoms with Crippen molar-refractivity contribution in [2.24, 2.45) is 0 Å². The molecule has 17 heavy (non-hydrogen) atoms. The minimum atomic E-state index is -0.266. The highest BCUT2D eigenvalue weighted by atomic mass is 16.5. The van der Waals surface area contributed by atoms with Gasteiger partial charge in [-0.15, -0.1) is 0 Å². The van der Waals surface area contributed by atoms with Gasteiger partial charge in [0.05, 0.1) is 0 Å². The summed E-state index contributed by atoms with van der Waals surface area (Å²) in [5.74, 6) is -0.266. The van der Waals surface area contributed by atoms with Crippen molar-refractivity contribution in [3.05, 3.63) is 43.0 Å². The molecule has 0 amide bonds. The molecular formula is C14H20NO2. The molecular weight excluding hydrogens is 214 g/mol. The van der Waals surface area contributed by atoms with Gasteiger partial charge in [-0.3, -0.25) is 9.69 Å². The molecule has 3 nitrogen and oxygen atoms in total. The summed E-state index contributed by atoms with van der Waals surface area (Å²) >= 11 is 0. The van der Waals surface area contributed by atoms with E-state index in [9.17, 15) is 4.79 Å². The average molecular weight is 234 g/mol. The lowest BCUT2D eigenvalue weighted by molar-refractivity contribution is -0.144. The van der Waals surface area contributed by atoms with Crippen LogP contribution in [0.3, 0.4) is 0 Å². The molecule has 0 aliphatic carbocycles. The fraction of sp³-hybridized carbons (Fsp3) is 0.429. The number of likely N-dealkylation sites (N-methyl/N-ethyl adjacent to an activating group) is 1. The average Bonchev–Trinajstić information content (AvgIpc) is 2.39. The first-order chi connectivity index (χ1) is 8.22. The number of hydrogen-bond acceptors (Lipinski definition) is 3. The van der Waals surface area contributed by atoms with Crippen LogP contribution in [0.15, 0.2) is 30.3 Å². The molecule has 3 heteroatoms. The summed E-state index contributed by atoms with van der Waals surface area (Å²) in [4.78, 5) is 13.8. The van der Waals surface area contributed by atoms with Crippen molar-refractivity contribution in [2.45, 2.75) is 26.3 Å². The number of rotatable bonds is 6. The molecule has 0 spiro atoms. The first kappa shape index (κ1) is 13.7. The summed E-state index contributed by atoms with van der Waals surface area (Å²) in [5, 5.41) is 0. The second-order valence-electron chi connectivity index (χ2n) is 3.89. The van der Waals surface area contributed by atoms with Crippen molar-refractivity contribution >= 4 is 5.97 Å². The van der Waals surface area contributed by atoms with E-state index in [-0.39, 0.29) is 12.0 Å². The minimum absolute atomic E-state index is 0.245. The Hall–Kier alpha value is -1.35. The fourth-order valence-corrected chi connectivity index (χ4v) is 1.96. The van der Waals surface area contributed by atoms with Gasteiger partial charge in [-0.2, -0.15) is 0 Å². The molecule has 0 saturated heterocycles. The van der Waals surface area contributed by atoms with Crippen molar-refractivity contribution < 1.29 is 9.53 Å². The molecule has 1 aromatic carbocycles. The van der Waals surface area contributed by atoms with E-state index >= 15 is 0 Å². The van der Waals surface area contributed by atoms with E-state index in [0.717, 1.165) is 18.7 Å². The van der Waals surface area contributed by atoms with Crippen molar-refractivity contribution in [1.82, 2.24) is 4.90 Å². The zero-order valence-corrected chi connectivity index (χ0v) is 10.6. The van der Waals surface area contributed by atoms with Gasteiger partial charge in [0, 0.05) is 0 Å². The van der Waals surface area contributed by atoms with Crippen LogP contribution in [-0.2, 0) is 16.0 Å². The number of esters is 1. The van der Waals surface area contributed by atoms with Crippen LogP contribution in [0.2, 0.25) is 0 Å². The summed E-state index contributed by atoms with van der Waals surface area (Å²) in [6.45, 7) is 5.72. The lowest BCUT2D eigenvalue weighted by Crippen LogP contribution is -2.43. The number of carbonyl (C=O) groups excluding carboxylic acids is 1. The first-order valence-electron chi connectivity index (χ1n) is 5.96. The normalized spacial score (nSPS) is 12.5. The lowest BCUT2D eigenvalue weighted by atomic mass is 10.0. The van der Waals surface area contributed by atoms with Gasteiger partial charge in [0.1, 0.15) is 13.2 Å². The molecule has 0 bridgehead atoms. The van der Waals surface area contributed by atoms with Crippen molar-refractivity contribution in [2.75, 3.05) is 13.1 Å². The van der Waals surface area contributed by atoms with Gasteiger partial charge in [0.25, 0.3) is 0 Å². The van der Waals surface area contributed by atoms with E-state index in [4.69, 9.17) is 0 Å². The maximum absolute atomic E-state index is 11.7. The minimum Gasteiger partial charge on any atom is -0.461 e. The molecule has 0 aliphatic heterocycles. The van der Waals surface area contributed by atoms with Gasteiger partial charge >= 0.3 is 5.97 Å². The zero-order chi connectivity index (χ0) is 12.7. The predicted octanol–water partition coefficient (Wildman–Crippen LogP) is 2.27. The third-order valence-electron chi connectivity index (χ3n) is 2.94. The monoisotopic (exact) mass is 234 g/mol. The van der Waals surface area contributed by atoms with Crippen LogP contribution in [0.5, 0.6) is 0 Å². The van der Waals surface area contributed by atoms with Gasteiger partial charge in [-0.1, -0.05) is 44.2 Å². The number of nitrogens with zero attached hydrogens (tertiary/aromatic N) is 1. The molecule has 1 rings (SSSR count). The third kappa shape index (κ3) is 3.86. The van der Waals surface area contributed by atoms with E-state index in [1.54, 1.807) is 0 Å². The number of ether oxygens (including phenoxy) is 1. The standard InChI is InChI=1S/C14H20NO2/c1-4-15(5-2)13(14(16)17-3)11-12-9-7-6-8-10-12/h6-10,13H,3-5,11H2,1-2H3/t13-/m0/s1. The van der Waals surface area contributed by atoms with Crippen LogP contribution in [0.1, 0.15) is 19.4 Å². The lowest BCUT2D eigenvalue weighted by Gasteiger charge is -2.27. The second kappa shape index (κ2) is 7.07. The molecule has 1 atom stereocenters. The SMILES string of the molecule is [CH2]OC(=O)[C@H](Cc1ccccc1)N(CC)CC. The zero-order valence-electron chi connectivity index (χ0n) is 10.6. The maximum atomic E-state index is 11.7. The van der Waals surface area contributed by atoms with Crippen LogP contribution in [0.4, 0.5) is 0 Å². The van der Waals surface area contributed by atoms with Crippen LogP contribution < -0.4 is 0 Å². The van der Waals surface area contributed by atoms with Crippen LogP contribution in [0.25, 0.3) is 0 Å². The van der Waals surface area contributed by atoms with Gasteiger partial charge in [-0.05, 0) is 25.1 Å². The Morgan fingerprint density at radius 1 is 1.29 bits per heavy atom. The largest absolute Gasteiger partial charge is 0.461 e. The molecule has 0 aliphatic rings. The van der Waals surface area contributed by atoms with Crippen LogP contribution in [-0.4, -0.2) is 30.0 Å². The highest BCUT2D eigenvalue weighted by Crippen LogP contribution is 2.10. The van der Waals surface area contributed by atoms with Gasteiger partial charge in [0.2, 0.25) is 0 Å². The van der Waals surface area contributed by atoms with Crippen molar-refractivity contribution in [3.63, 3.8) is 0 Å². The highest BCUT2D eigenvalue weighted by Gasteiger charge is 2.24. The Morgan fingerprint density at radius 3 is 2.35 bits per heavy atom.